The molecule has 1 atom stereocenters. The third-order valence-corrected chi connectivity index (χ3v) is 4.07. The van der Waals surface area contributed by atoms with Crippen molar-refractivity contribution in [2.45, 2.75) is 0 Å². The fourth-order valence-corrected chi connectivity index (χ4v) is 2.94. The Morgan fingerprint density at radius 3 is 1.95 bits per heavy atom. The van der Waals surface area contributed by atoms with Gasteiger partial charge in [-0.1, -0.05) is 30.3 Å². The molecule has 0 heterocycles. The molecule has 21 heavy (non-hydrogen) atoms. The van der Waals surface area contributed by atoms with Crippen LogP contribution in [-0.2, 0) is 0 Å². The number of carbonyl (C=O) groups is 1. The molecule has 4 nitrogen and oxygen atoms in total. The summed E-state index contributed by atoms with van der Waals surface area (Å²) in [6.07, 6.45) is 0. The number of rotatable bonds is 6. The maximum absolute atomic E-state index is 12.6. The van der Waals surface area contributed by atoms with Crippen molar-refractivity contribution >= 4 is 19.4 Å². The fraction of sp³-hybridized carbons (Fsp3) is 0.188. The Kier molecular flexibility index (Phi) is 5.18. The molecule has 0 bridgehead atoms. The summed E-state index contributed by atoms with van der Waals surface area (Å²) in [5, 5.41) is 0.974. The smallest absolute Gasteiger partial charge is 0.193 e. The molecule has 0 radical (unpaired) electrons. The van der Waals surface area contributed by atoms with Crippen LogP contribution < -0.4 is 19.5 Å². The van der Waals surface area contributed by atoms with E-state index in [1.54, 1.807) is 19.2 Å². The topological polar surface area (TPSA) is 44.8 Å². The fourth-order valence-electron chi connectivity index (χ4n) is 1.94. The predicted octanol–water partition coefficient (Wildman–Crippen LogP) is 2.86. The molecule has 0 spiro atoms. The van der Waals surface area contributed by atoms with Crippen molar-refractivity contribution in [2.75, 3.05) is 21.3 Å². The number of ether oxygens (including phenoxy) is 3. The molecule has 2 aromatic carbocycles. The van der Waals surface area contributed by atoms with Gasteiger partial charge in [0.2, 0.25) is 0 Å². The van der Waals surface area contributed by atoms with Gasteiger partial charge < -0.3 is 14.2 Å². The van der Waals surface area contributed by atoms with Gasteiger partial charge in [0.05, 0.1) is 21.3 Å². The standard InChI is InChI=1S/C16H17O4P/c1-18-11-9-13(19-2)15(14(10-11)20-3)16(17)21-12-7-5-4-6-8-12/h4-10,21H,1-3H3. The Hall–Kier alpha value is -2.06. The van der Waals surface area contributed by atoms with Crippen molar-refractivity contribution in [3.8, 4) is 17.2 Å². The number of benzene rings is 2. The molecule has 0 saturated heterocycles. The molecule has 0 fully saturated rings. The van der Waals surface area contributed by atoms with Crippen molar-refractivity contribution in [1.82, 2.24) is 0 Å². The Balaban J connectivity index is 2.39. The first kappa shape index (κ1) is 15.3. The van der Waals surface area contributed by atoms with Gasteiger partial charge in [-0.3, -0.25) is 4.79 Å². The largest absolute Gasteiger partial charge is 0.496 e. The summed E-state index contributed by atoms with van der Waals surface area (Å²) in [4.78, 5) is 12.6. The summed E-state index contributed by atoms with van der Waals surface area (Å²) >= 11 is 0. The Bertz CT molecular complexity index is 600. The highest BCUT2D eigenvalue weighted by molar-refractivity contribution is 7.66. The van der Waals surface area contributed by atoms with Gasteiger partial charge in [-0.2, -0.15) is 0 Å². The van der Waals surface area contributed by atoms with E-state index >= 15 is 0 Å². The number of hydrogen-bond donors (Lipinski definition) is 0. The molecule has 5 heteroatoms. The van der Waals surface area contributed by atoms with Crippen LogP contribution in [0.3, 0.4) is 0 Å². The van der Waals surface area contributed by atoms with Crippen molar-refractivity contribution in [3.05, 3.63) is 48.0 Å². The summed E-state index contributed by atoms with van der Waals surface area (Å²) < 4.78 is 15.8. The maximum atomic E-state index is 12.6. The van der Waals surface area contributed by atoms with Crippen LogP contribution in [0.4, 0.5) is 0 Å². The van der Waals surface area contributed by atoms with Crippen molar-refractivity contribution in [2.24, 2.45) is 0 Å². The van der Waals surface area contributed by atoms with Crippen LogP contribution in [0, 0.1) is 0 Å². The van der Waals surface area contributed by atoms with Crippen molar-refractivity contribution < 1.29 is 19.0 Å². The van der Waals surface area contributed by atoms with Crippen LogP contribution in [0.15, 0.2) is 42.5 Å². The first-order valence-corrected chi connectivity index (χ1v) is 7.36. The lowest BCUT2D eigenvalue weighted by Gasteiger charge is -2.14. The second-order valence-electron chi connectivity index (χ2n) is 4.23. The Labute approximate surface area is 125 Å². The minimum atomic E-state index is -0.0300. The Morgan fingerprint density at radius 1 is 0.905 bits per heavy atom. The van der Waals surface area contributed by atoms with Crippen molar-refractivity contribution in [1.29, 1.82) is 0 Å². The van der Waals surface area contributed by atoms with Crippen LogP contribution in [0.2, 0.25) is 0 Å². The van der Waals surface area contributed by atoms with E-state index in [1.165, 1.54) is 14.2 Å². The van der Waals surface area contributed by atoms with Gasteiger partial charge in [-0.25, -0.2) is 0 Å². The third kappa shape index (κ3) is 3.53. The molecule has 2 rings (SSSR count). The third-order valence-electron chi connectivity index (χ3n) is 2.97. The van der Waals surface area contributed by atoms with E-state index in [-0.39, 0.29) is 14.1 Å². The zero-order chi connectivity index (χ0) is 15.2. The molecule has 0 aliphatic heterocycles. The van der Waals surface area contributed by atoms with E-state index in [2.05, 4.69) is 0 Å². The lowest BCUT2D eigenvalue weighted by Crippen LogP contribution is -2.05. The molecule has 2 aromatic rings. The van der Waals surface area contributed by atoms with Gasteiger partial charge in [-0.05, 0) is 13.9 Å². The molecule has 0 aliphatic rings. The summed E-state index contributed by atoms with van der Waals surface area (Å²) in [5.74, 6) is 1.50. The van der Waals surface area contributed by atoms with Gasteiger partial charge >= 0.3 is 0 Å². The Morgan fingerprint density at radius 2 is 1.48 bits per heavy atom. The quantitative estimate of drug-likeness (QED) is 0.770. The van der Waals surface area contributed by atoms with E-state index in [0.29, 0.717) is 22.8 Å². The summed E-state index contributed by atoms with van der Waals surface area (Å²) in [5.41, 5.74) is 0.417. The zero-order valence-corrected chi connectivity index (χ0v) is 13.2. The molecule has 0 saturated carbocycles. The van der Waals surface area contributed by atoms with Gasteiger partial charge in [0.25, 0.3) is 0 Å². The SMILES string of the molecule is COc1cc(OC)c(C(=O)Pc2ccccc2)c(OC)c1. The summed E-state index contributed by atoms with van der Waals surface area (Å²) in [6.45, 7) is 0. The van der Waals surface area contributed by atoms with Crippen LogP contribution in [0.5, 0.6) is 17.2 Å². The lowest BCUT2D eigenvalue weighted by molar-refractivity contribution is 0.108. The maximum Gasteiger partial charge on any atom is 0.193 e. The predicted molar refractivity (Wildman–Crippen MR) is 84.8 cm³/mol. The van der Waals surface area contributed by atoms with E-state index in [1.807, 2.05) is 30.3 Å². The number of carbonyl (C=O) groups excluding carboxylic acids is 1. The zero-order valence-electron chi connectivity index (χ0n) is 12.2. The van der Waals surface area contributed by atoms with E-state index < -0.39 is 0 Å². The monoisotopic (exact) mass is 304 g/mol. The average molecular weight is 304 g/mol. The van der Waals surface area contributed by atoms with Crippen LogP contribution in [0.25, 0.3) is 0 Å². The highest BCUT2D eigenvalue weighted by Gasteiger charge is 2.20. The summed E-state index contributed by atoms with van der Waals surface area (Å²) in [6, 6.07) is 13.0. The molecule has 0 aliphatic carbocycles. The van der Waals surface area contributed by atoms with Gasteiger partial charge in [0.1, 0.15) is 22.8 Å². The summed E-state index contributed by atoms with van der Waals surface area (Å²) in [7, 11) is 4.62. The minimum absolute atomic E-state index is 0.0122. The first-order valence-electron chi connectivity index (χ1n) is 6.36. The highest BCUT2D eigenvalue weighted by Crippen LogP contribution is 2.37. The van der Waals surface area contributed by atoms with Crippen LogP contribution in [-0.4, -0.2) is 26.9 Å². The van der Waals surface area contributed by atoms with Gasteiger partial charge in [0, 0.05) is 12.1 Å². The van der Waals surface area contributed by atoms with Crippen molar-refractivity contribution in [3.63, 3.8) is 0 Å². The van der Waals surface area contributed by atoms with E-state index in [9.17, 15) is 4.79 Å². The van der Waals surface area contributed by atoms with E-state index in [0.717, 1.165) is 5.30 Å². The lowest BCUT2D eigenvalue weighted by atomic mass is 10.2. The van der Waals surface area contributed by atoms with Crippen LogP contribution in [0.1, 0.15) is 10.4 Å². The normalized spacial score (nSPS) is 10.6. The second-order valence-corrected chi connectivity index (χ2v) is 5.51. The van der Waals surface area contributed by atoms with Gasteiger partial charge in [-0.15, -0.1) is 0 Å². The van der Waals surface area contributed by atoms with Crippen LogP contribution >= 0.6 is 8.58 Å². The highest BCUT2D eigenvalue weighted by atomic mass is 31.1. The minimum Gasteiger partial charge on any atom is -0.496 e. The molecule has 0 aromatic heterocycles. The van der Waals surface area contributed by atoms with Gasteiger partial charge in [0.15, 0.2) is 5.52 Å². The molecule has 1 unspecified atom stereocenters. The van der Waals surface area contributed by atoms with E-state index in [4.69, 9.17) is 14.2 Å². The second kappa shape index (κ2) is 7.09. The molecule has 110 valence electrons. The molecule has 0 N–H and O–H groups in total. The molecular formula is C16H17O4P. The average Bonchev–Trinajstić information content (AvgIpc) is 2.54. The molecule has 0 amide bonds. The number of methoxy groups -OCH3 is 3. The number of hydrogen-bond acceptors (Lipinski definition) is 4. The first-order chi connectivity index (χ1) is 10.2. The molecular weight excluding hydrogens is 287 g/mol.